The van der Waals surface area contributed by atoms with Gasteiger partial charge in [-0.05, 0) is 38.8 Å². The molecular formula is C27H52NO3S+. The van der Waals surface area contributed by atoms with E-state index in [1.807, 2.05) is 6.92 Å². The van der Waals surface area contributed by atoms with Gasteiger partial charge >= 0.3 is 0 Å². The molecule has 1 aromatic rings. The van der Waals surface area contributed by atoms with Crippen LogP contribution in [0.5, 0.6) is 0 Å². The van der Waals surface area contributed by atoms with Crippen molar-refractivity contribution in [1.29, 1.82) is 0 Å². The highest BCUT2D eigenvalue weighted by molar-refractivity contribution is 7.85. The summed E-state index contributed by atoms with van der Waals surface area (Å²) in [5.41, 5.74) is 0.956. The van der Waals surface area contributed by atoms with Crippen LogP contribution in [0.1, 0.15) is 109 Å². The van der Waals surface area contributed by atoms with Crippen LogP contribution in [0.3, 0.4) is 0 Å². The van der Waals surface area contributed by atoms with E-state index in [1.54, 1.807) is 12.1 Å². The summed E-state index contributed by atoms with van der Waals surface area (Å²) < 4.78 is 30.7. The van der Waals surface area contributed by atoms with Crippen LogP contribution >= 0.6 is 0 Å². The summed E-state index contributed by atoms with van der Waals surface area (Å²) in [5.74, 6) is 0. The monoisotopic (exact) mass is 470 g/mol. The van der Waals surface area contributed by atoms with E-state index in [2.05, 4.69) is 27.9 Å². The first-order chi connectivity index (χ1) is 15.1. The Bertz CT molecular complexity index is 654. The SMILES string of the molecule is CCCCCCCCCCCCCCCC[N+](C)(C)CC.Cc1ccc(S(=O)(=O)O)cc1. The fourth-order valence-electron chi connectivity index (χ4n) is 3.60. The van der Waals surface area contributed by atoms with Gasteiger partial charge < -0.3 is 4.48 Å². The van der Waals surface area contributed by atoms with Crippen molar-refractivity contribution in [2.24, 2.45) is 0 Å². The summed E-state index contributed by atoms with van der Waals surface area (Å²) in [7, 11) is 0.679. The van der Waals surface area contributed by atoms with Gasteiger partial charge in [-0.1, -0.05) is 102 Å². The molecule has 32 heavy (non-hydrogen) atoms. The lowest BCUT2D eigenvalue weighted by atomic mass is 10.0. The van der Waals surface area contributed by atoms with Crippen molar-refractivity contribution in [2.45, 2.75) is 116 Å². The van der Waals surface area contributed by atoms with E-state index in [0.717, 1.165) is 5.56 Å². The molecule has 0 amide bonds. The molecule has 1 N–H and O–H groups in total. The highest BCUT2D eigenvalue weighted by Gasteiger charge is 2.10. The van der Waals surface area contributed by atoms with Crippen LogP contribution < -0.4 is 0 Å². The number of nitrogens with zero attached hydrogens (tertiary/aromatic N) is 1. The molecule has 1 rings (SSSR count). The number of hydrogen-bond acceptors (Lipinski definition) is 2. The molecule has 0 saturated heterocycles. The minimum Gasteiger partial charge on any atom is -0.329 e. The molecule has 0 bridgehead atoms. The zero-order chi connectivity index (χ0) is 24.3. The Labute approximate surface area is 200 Å². The Morgan fingerprint density at radius 3 is 1.41 bits per heavy atom. The van der Waals surface area contributed by atoms with Crippen LogP contribution in [0.15, 0.2) is 29.2 Å². The van der Waals surface area contributed by atoms with Gasteiger partial charge in [0, 0.05) is 0 Å². The Balaban J connectivity index is 0.000000726. The van der Waals surface area contributed by atoms with E-state index < -0.39 is 10.1 Å². The van der Waals surface area contributed by atoms with Gasteiger partial charge in [-0.3, -0.25) is 4.55 Å². The normalized spacial score (nSPS) is 11.8. The van der Waals surface area contributed by atoms with Crippen LogP contribution in [0, 0.1) is 6.92 Å². The van der Waals surface area contributed by atoms with Gasteiger partial charge in [-0.15, -0.1) is 0 Å². The molecule has 0 aliphatic carbocycles. The van der Waals surface area contributed by atoms with Crippen molar-refractivity contribution in [3.8, 4) is 0 Å². The Hall–Kier alpha value is -0.910. The Kier molecular flexibility index (Phi) is 18.0. The van der Waals surface area contributed by atoms with Crippen molar-refractivity contribution in [3.05, 3.63) is 29.8 Å². The van der Waals surface area contributed by atoms with Crippen molar-refractivity contribution in [3.63, 3.8) is 0 Å². The van der Waals surface area contributed by atoms with Gasteiger partial charge in [0.1, 0.15) is 0 Å². The lowest BCUT2D eigenvalue weighted by Crippen LogP contribution is -2.39. The van der Waals surface area contributed by atoms with E-state index in [1.165, 1.54) is 120 Å². The molecule has 188 valence electrons. The largest absolute Gasteiger partial charge is 0.329 e. The summed E-state index contributed by atoms with van der Waals surface area (Å²) >= 11 is 0. The number of unbranched alkanes of at least 4 members (excludes halogenated alkanes) is 13. The van der Waals surface area contributed by atoms with Gasteiger partial charge in [0.05, 0.1) is 32.1 Å². The fraction of sp³-hybridized carbons (Fsp3) is 0.778. The zero-order valence-corrected chi connectivity index (χ0v) is 22.6. The van der Waals surface area contributed by atoms with Crippen molar-refractivity contribution in [1.82, 2.24) is 0 Å². The Morgan fingerprint density at radius 2 is 1.06 bits per heavy atom. The maximum Gasteiger partial charge on any atom is 0.294 e. The lowest BCUT2D eigenvalue weighted by molar-refractivity contribution is -0.888. The molecule has 0 aliphatic rings. The molecule has 4 nitrogen and oxygen atoms in total. The van der Waals surface area contributed by atoms with Crippen molar-refractivity contribution in [2.75, 3.05) is 27.2 Å². The van der Waals surface area contributed by atoms with Crippen LogP contribution in [0.4, 0.5) is 0 Å². The van der Waals surface area contributed by atoms with E-state index in [9.17, 15) is 8.42 Å². The fourth-order valence-corrected chi connectivity index (χ4v) is 4.08. The molecular weight excluding hydrogens is 418 g/mol. The minimum absolute atomic E-state index is 0.0666. The van der Waals surface area contributed by atoms with Crippen LogP contribution in [0.25, 0.3) is 0 Å². The molecule has 0 heterocycles. The van der Waals surface area contributed by atoms with Gasteiger partial charge in [0.25, 0.3) is 10.1 Å². The summed E-state index contributed by atoms with van der Waals surface area (Å²) in [6.07, 6.45) is 20.4. The standard InChI is InChI=1S/C20H44N.C7H8O3S/c1-5-7-8-9-10-11-12-13-14-15-16-17-18-19-20-21(3,4)6-2;1-6-2-4-7(5-3-6)11(8,9)10/h5-20H2,1-4H3;2-5H,1H3,(H,8,9,10)/q+1;. The van der Waals surface area contributed by atoms with Gasteiger partial charge in [0.2, 0.25) is 0 Å². The predicted octanol–water partition coefficient (Wildman–Crippen LogP) is 7.81. The first-order valence-corrected chi connectivity index (χ1v) is 14.4. The second-order valence-corrected chi connectivity index (χ2v) is 11.3. The lowest BCUT2D eigenvalue weighted by Gasteiger charge is -2.28. The van der Waals surface area contributed by atoms with E-state index in [4.69, 9.17) is 4.55 Å². The van der Waals surface area contributed by atoms with Gasteiger partial charge in [0.15, 0.2) is 0 Å². The third-order valence-electron chi connectivity index (χ3n) is 6.29. The number of rotatable bonds is 17. The molecule has 0 atom stereocenters. The van der Waals surface area contributed by atoms with Crippen LogP contribution in [-0.4, -0.2) is 44.6 Å². The summed E-state index contributed by atoms with van der Waals surface area (Å²) in [6.45, 7) is 9.05. The number of aryl methyl sites for hydroxylation is 1. The van der Waals surface area contributed by atoms with Crippen LogP contribution in [-0.2, 0) is 10.1 Å². The van der Waals surface area contributed by atoms with Crippen LogP contribution in [0.2, 0.25) is 0 Å². The maximum atomic E-state index is 10.5. The molecule has 0 aliphatic heterocycles. The summed E-state index contributed by atoms with van der Waals surface area (Å²) in [4.78, 5) is -0.0666. The number of quaternary nitrogens is 1. The second-order valence-electron chi connectivity index (χ2n) is 9.86. The van der Waals surface area contributed by atoms with Crippen molar-refractivity contribution >= 4 is 10.1 Å². The topological polar surface area (TPSA) is 54.4 Å². The maximum absolute atomic E-state index is 10.5. The zero-order valence-electron chi connectivity index (χ0n) is 21.7. The molecule has 0 fully saturated rings. The molecule has 0 spiro atoms. The predicted molar refractivity (Wildman–Crippen MR) is 139 cm³/mol. The van der Waals surface area contributed by atoms with Gasteiger partial charge in [-0.25, -0.2) is 0 Å². The second kappa shape index (κ2) is 18.5. The van der Waals surface area contributed by atoms with Crippen molar-refractivity contribution < 1.29 is 17.5 Å². The summed E-state index contributed by atoms with van der Waals surface area (Å²) in [5, 5.41) is 0. The highest BCUT2D eigenvalue weighted by Crippen LogP contribution is 2.13. The Morgan fingerprint density at radius 1 is 0.688 bits per heavy atom. The molecule has 0 unspecified atom stereocenters. The third kappa shape index (κ3) is 18.6. The molecule has 1 aromatic carbocycles. The van der Waals surface area contributed by atoms with E-state index in [0.29, 0.717) is 0 Å². The average Bonchev–Trinajstić information content (AvgIpc) is 2.74. The van der Waals surface area contributed by atoms with Gasteiger partial charge in [-0.2, -0.15) is 8.42 Å². The molecule has 0 saturated carbocycles. The first kappa shape index (κ1) is 31.1. The highest BCUT2D eigenvalue weighted by atomic mass is 32.2. The van der Waals surface area contributed by atoms with E-state index >= 15 is 0 Å². The third-order valence-corrected chi connectivity index (χ3v) is 7.16. The van der Waals surface area contributed by atoms with E-state index in [-0.39, 0.29) is 4.90 Å². The number of hydrogen-bond donors (Lipinski definition) is 1. The summed E-state index contributed by atoms with van der Waals surface area (Å²) in [6, 6.07) is 5.99. The first-order valence-electron chi connectivity index (χ1n) is 13.0. The smallest absolute Gasteiger partial charge is 0.294 e. The quantitative estimate of drug-likeness (QED) is 0.143. The molecule has 5 heteroatoms. The average molecular weight is 471 g/mol. The number of benzene rings is 1. The minimum atomic E-state index is -4.02. The molecule has 0 aromatic heterocycles. The molecule has 0 radical (unpaired) electrons.